The summed E-state index contributed by atoms with van der Waals surface area (Å²) in [7, 11) is 0. The second kappa shape index (κ2) is 7.08. The molecule has 2 rings (SSSR count). The topological polar surface area (TPSA) is 76.7 Å². The number of carbonyl (C=O) groups is 1. The van der Waals surface area contributed by atoms with E-state index in [0.29, 0.717) is 12.3 Å². The van der Waals surface area contributed by atoms with Gasteiger partial charge in [0.15, 0.2) is 0 Å². The lowest BCUT2D eigenvalue weighted by Crippen LogP contribution is -2.11. The molecule has 0 aliphatic heterocycles. The Morgan fingerprint density at radius 1 is 1.35 bits per heavy atom. The lowest BCUT2D eigenvalue weighted by Gasteiger charge is -2.07. The standard InChI is InChI=1S/C14H15N3O3/c18-14(19)6-9-20-16-13(10-17-8-7-15-11-17)12-4-2-1-3-5-12/h1-5,7-8,11H,6,9-10H2,(H,18,19). The average molecular weight is 273 g/mol. The molecule has 0 atom stereocenters. The molecule has 0 aliphatic rings. The van der Waals surface area contributed by atoms with Crippen LogP contribution < -0.4 is 0 Å². The van der Waals surface area contributed by atoms with Crippen LogP contribution >= 0.6 is 0 Å². The van der Waals surface area contributed by atoms with E-state index < -0.39 is 5.97 Å². The van der Waals surface area contributed by atoms with Crippen LogP contribution in [0, 0.1) is 0 Å². The first kappa shape index (κ1) is 13.8. The molecule has 6 heteroatoms. The van der Waals surface area contributed by atoms with Gasteiger partial charge in [0, 0.05) is 18.0 Å². The lowest BCUT2D eigenvalue weighted by molar-refractivity contribution is -0.138. The van der Waals surface area contributed by atoms with Crippen molar-refractivity contribution >= 4 is 11.7 Å². The molecule has 1 aromatic heterocycles. The molecule has 0 fully saturated rings. The van der Waals surface area contributed by atoms with Gasteiger partial charge in [-0.1, -0.05) is 35.5 Å². The van der Waals surface area contributed by atoms with Crippen LogP contribution in [0.5, 0.6) is 0 Å². The molecule has 104 valence electrons. The first-order chi connectivity index (χ1) is 9.75. The number of hydrogen-bond acceptors (Lipinski definition) is 4. The maximum absolute atomic E-state index is 10.4. The van der Waals surface area contributed by atoms with Crippen LogP contribution in [0.3, 0.4) is 0 Å². The van der Waals surface area contributed by atoms with E-state index in [1.807, 2.05) is 41.1 Å². The van der Waals surface area contributed by atoms with Crippen molar-refractivity contribution in [2.75, 3.05) is 6.61 Å². The number of nitrogens with zero attached hydrogens (tertiary/aromatic N) is 3. The predicted octanol–water partition coefficient (Wildman–Crippen LogP) is 1.78. The maximum atomic E-state index is 10.4. The maximum Gasteiger partial charge on any atom is 0.306 e. The predicted molar refractivity (Wildman–Crippen MR) is 73.4 cm³/mol. The van der Waals surface area contributed by atoms with Crippen molar-refractivity contribution in [1.82, 2.24) is 9.55 Å². The van der Waals surface area contributed by atoms with Gasteiger partial charge in [0.05, 0.1) is 19.3 Å². The number of aromatic nitrogens is 2. The minimum absolute atomic E-state index is 0.0512. The molecule has 0 saturated carbocycles. The number of benzene rings is 1. The summed E-state index contributed by atoms with van der Waals surface area (Å²) in [6.45, 7) is 0.562. The molecule has 0 bridgehead atoms. The number of oxime groups is 1. The van der Waals surface area contributed by atoms with Gasteiger partial charge in [0.2, 0.25) is 0 Å². The Hall–Kier alpha value is -2.63. The summed E-state index contributed by atoms with van der Waals surface area (Å²) < 4.78 is 1.87. The van der Waals surface area contributed by atoms with Gasteiger partial charge in [0.1, 0.15) is 12.3 Å². The zero-order chi connectivity index (χ0) is 14.2. The number of aliphatic carboxylic acids is 1. The summed E-state index contributed by atoms with van der Waals surface area (Å²) in [5, 5.41) is 12.6. The van der Waals surface area contributed by atoms with E-state index in [4.69, 9.17) is 9.94 Å². The lowest BCUT2D eigenvalue weighted by atomic mass is 10.1. The SMILES string of the molecule is O=C(O)CCON=C(Cn1ccnc1)c1ccccc1. The van der Waals surface area contributed by atoms with Gasteiger partial charge in [-0.15, -0.1) is 0 Å². The minimum Gasteiger partial charge on any atom is -0.481 e. The van der Waals surface area contributed by atoms with Crippen molar-refractivity contribution in [3.8, 4) is 0 Å². The molecular formula is C14H15N3O3. The van der Waals surface area contributed by atoms with Gasteiger partial charge in [-0.2, -0.15) is 0 Å². The Bertz CT molecular complexity index is 565. The van der Waals surface area contributed by atoms with Crippen molar-refractivity contribution < 1.29 is 14.7 Å². The molecule has 1 heterocycles. The highest BCUT2D eigenvalue weighted by Gasteiger charge is 2.05. The molecule has 0 amide bonds. The average Bonchev–Trinajstić information content (AvgIpc) is 2.96. The third-order valence-electron chi connectivity index (χ3n) is 2.58. The summed E-state index contributed by atoms with van der Waals surface area (Å²) in [5.74, 6) is -0.906. The Morgan fingerprint density at radius 2 is 2.15 bits per heavy atom. The zero-order valence-electron chi connectivity index (χ0n) is 10.8. The smallest absolute Gasteiger partial charge is 0.306 e. The largest absolute Gasteiger partial charge is 0.481 e. The first-order valence-corrected chi connectivity index (χ1v) is 6.17. The molecule has 1 aromatic carbocycles. The quantitative estimate of drug-likeness (QED) is 0.474. The van der Waals surface area contributed by atoms with Gasteiger partial charge in [0.25, 0.3) is 0 Å². The highest BCUT2D eigenvalue weighted by atomic mass is 16.6. The van der Waals surface area contributed by atoms with Crippen LogP contribution in [0.25, 0.3) is 0 Å². The van der Waals surface area contributed by atoms with E-state index >= 15 is 0 Å². The first-order valence-electron chi connectivity index (χ1n) is 6.17. The highest BCUT2D eigenvalue weighted by molar-refractivity contribution is 6.00. The van der Waals surface area contributed by atoms with Gasteiger partial charge in [-0.05, 0) is 0 Å². The molecule has 2 aromatic rings. The number of carboxylic acid groups (broad SMARTS) is 1. The molecule has 20 heavy (non-hydrogen) atoms. The van der Waals surface area contributed by atoms with Gasteiger partial charge >= 0.3 is 5.97 Å². The van der Waals surface area contributed by atoms with Gasteiger partial charge in [-0.3, -0.25) is 4.79 Å². The van der Waals surface area contributed by atoms with E-state index in [1.165, 1.54) is 0 Å². The Kier molecular flexibility index (Phi) is 4.88. The van der Waals surface area contributed by atoms with E-state index in [-0.39, 0.29) is 13.0 Å². The summed E-state index contributed by atoms with van der Waals surface area (Å²) in [6.07, 6.45) is 5.13. The van der Waals surface area contributed by atoms with Gasteiger partial charge in [-0.25, -0.2) is 4.98 Å². The van der Waals surface area contributed by atoms with Crippen LogP contribution in [-0.2, 0) is 16.2 Å². The molecule has 0 spiro atoms. The molecule has 0 saturated heterocycles. The molecule has 1 N–H and O–H groups in total. The van der Waals surface area contributed by atoms with Crippen LogP contribution in [0.4, 0.5) is 0 Å². The summed E-state index contributed by atoms with van der Waals surface area (Å²) in [4.78, 5) is 19.5. The third-order valence-corrected chi connectivity index (χ3v) is 2.58. The molecule has 0 aliphatic carbocycles. The molecule has 0 unspecified atom stereocenters. The molecular weight excluding hydrogens is 258 g/mol. The Balaban J connectivity index is 2.07. The number of carboxylic acids is 1. The van der Waals surface area contributed by atoms with Gasteiger partial charge < -0.3 is 14.5 Å². The second-order valence-electron chi connectivity index (χ2n) is 4.12. The van der Waals surface area contributed by atoms with Crippen molar-refractivity contribution in [2.45, 2.75) is 13.0 Å². The monoisotopic (exact) mass is 273 g/mol. The van der Waals surface area contributed by atoms with Crippen LogP contribution in [0.1, 0.15) is 12.0 Å². The fraction of sp³-hybridized carbons (Fsp3) is 0.214. The fourth-order valence-electron chi connectivity index (χ4n) is 1.61. The zero-order valence-corrected chi connectivity index (χ0v) is 10.8. The van der Waals surface area contributed by atoms with Crippen LogP contribution in [0.15, 0.2) is 54.2 Å². The summed E-state index contributed by atoms with van der Waals surface area (Å²) >= 11 is 0. The molecule has 6 nitrogen and oxygen atoms in total. The van der Waals surface area contributed by atoms with E-state index in [9.17, 15) is 4.79 Å². The second-order valence-corrected chi connectivity index (χ2v) is 4.12. The normalized spacial score (nSPS) is 11.3. The van der Waals surface area contributed by atoms with E-state index in [0.717, 1.165) is 5.56 Å². The van der Waals surface area contributed by atoms with Crippen molar-refractivity contribution in [2.24, 2.45) is 5.16 Å². The highest BCUT2D eigenvalue weighted by Crippen LogP contribution is 2.05. The molecule has 0 radical (unpaired) electrons. The summed E-state index contributed by atoms with van der Waals surface area (Å²) in [6, 6.07) is 9.60. The third kappa shape index (κ3) is 4.24. The van der Waals surface area contributed by atoms with Crippen molar-refractivity contribution in [3.05, 3.63) is 54.6 Å². The van der Waals surface area contributed by atoms with E-state index in [2.05, 4.69) is 10.1 Å². The van der Waals surface area contributed by atoms with E-state index in [1.54, 1.807) is 12.5 Å². The van der Waals surface area contributed by atoms with Crippen LogP contribution in [0.2, 0.25) is 0 Å². The van der Waals surface area contributed by atoms with Crippen molar-refractivity contribution in [3.63, 3.8) is 0 Å². The Morgan fingerprint density at radius 3 is 2.80 bits per heavy atom. The minimum atomic E-state index is -0.906. The van der Waals surface area contributed by atoms with Crippen LogP contribution in [-0.4, -0.2) is 32.9 Å². The number of rotatable bonds is 7. The number of hydrogen-bond donors (Lipinski definition) is 1. The number of imidazole rings is 1. The Labute approximate surface area is 116 Å². The fourth-order valence-corrected chi connectivity index (χ4v) is 1.61. The summed E-state index contributed by atoms with van der Waals surface area (Å²) in [5.41, 5.74) is 1.64. The van der Waals surface area contributed by atoms with Crippen molar-refractivity contribution in [1.29, 1.82) is 0 Å².